The molecular weight excluding hydrogens is 333 g/mol. The molecule has 0 unspecified atom stereocenters. The van der Waals surface area contributed by atoms with Crippen molar-refractivity contribution in [1.29, 1.82) is 5.26 Å². The number of nitrogens with zero attached hydrogens (tertiary/aromatic N) is 4. The predicted octanol–water partition coefficient (Wildman–Crippen LogP) is 1.77. The zero-order valence-corrected chi connectivity index (χ0v) is 11.5. The van der Waals surface area contributed by atoms with Crippen molar-refractivity contribution in [2.45, 2.75) is 6.36 Å². The van der Waals surface area contributed by atoms with Crippen LogP contribution in [0.4, 0.5) is 18.9 Å². The van der Waals surface area contributed by atoms with E-state index in [9.17, 15) is 18.0 Å². The van der Waals surface area contributed by atoms with E-state index in [0.717, 1.165) is 18.3 Å². The highest BCUT2D eigenvalue weighted by atomic mass is 19.4. The molecule has 0 bridgehead atoms. The minimum Gasteiger partial charge on any atom is -0.478 e. The van der Waals surface area contributed by atoms with Crippen molar-refractivity contribution in [3.05, 3.63) is 35.8 Å². The average molecular weight is 340 g/mol. The van der Waals surface area contributed by atoms with Crippen molar-refractivity contribution in [3.63, 3.8) is 0 Å². The summed E-state index contributed by atoms with van der Waals surface area (Å²) >= 11 is 0. The van der Waals surface area contributed by atoms with Crippen LogP contribution in [0.15, 0.2) is 24.4 Å². The summed E-state index contributed by atoms with van der Waals surface area (Å²) in [5.41, 5.74) is -0.623. The maximum atomic E-state index is 12.2. The first-order valence-corrected chi connectivity index (χ1v) is 6.04. The molecule has 0 amide bonds. The Morgan fingerprint density at radius 3 is 2.75 bits per heavy atom. The maximum Gasteiger partial charge on any atom is 0.573 e. The van der Waals surface area contributed by atoms with E-state index in [1.54, 1.807) is 6.07 Å². The standard InChI is InChI=1S/C12H7F3N6O3/c13-12(14,15)24-7-1-2-9(8(3-7)11(22)23)17-5-6(4-16)10-18-20-21-19-10/h1-3,5,17H,(H,22,23)(H,18,19,20,21). The molecule has 0 aliphatic heterocycles. The van der Waals surface area contributed by atoms with Crippen LogP contribution < -0.4 is 10.1 Å². The maximum absolute atomic E-state index is 12.2. The SMILES string of the molecule is N#CC(=CNc1ccc(OC(F)(F)F)cc1C(=O)O)c1nn[nH]n1. The highest BCUT2D eigenvalue weighted by Crippen LogP contribution is 2.27. The topological polar surface area (TPSA) is 137 Å². The molecule has 124 valence electrons. The van der Waals surface area contributed by atoms with Gasteiger partial charge in [0.25, 0.3) is 0 Å². The van der Waals surface area contributed by atoms with Crippen molar-refractivity contribution in [1.82, 2.24) is 20.6 Å². The summed E-state index contributed by atoms with van der Waals surface area (Å²) in [7, 11) is 0. The van der Waals surface area contributed by atoms with Gasteiger partial charge in [-0.1, -0.05) is 0 Å². The van der Waals surface area contributed by atoms with Crippen LogP contribution in [0.1, 0.15) is 16.2 Å². The molecule has 9 nitrogen and oxygen atoms in total. The number of aromatic nitrogens is 4. The molecule has 0 radical (unpaired) electrons. The Kier molecular flexibility index (Phi) is 4.64. The quantitative estimate of drug-likeness (QED) is 0.700. The first-order valence-electron chi connectivity index (χ1n) is 6.04. The second-order valence-electron chi connectivity index (χ2n) is 4.11. The van der Waals surface area contributed by atoms with Crippen LogP contribution >= 0.6 is 0 Å². The van der Waals surface area contributed by atoms with E-state index in [4.69, 9.17) is 10.4 Å². The van der Waals surface area contributed by atoms with Gasteiger partial charge in [0.15, 0.2) is 0 Å². The fourth-order valence-electron chi connectivity index (χ4n) is 1.60. The number of carbonyl (C=O) groups is 1. The summed E-state index contributed by atoms with van der Waals surface area (Å²) in [6.45, 7) is 0. The van der Waals surface area contributed by atoms with Gasteiger partial charge in [-0.25, -0.2) is 4.79 Å². The highest BCUT2D eigenvalue weighted by molar-refractivity contribution is 5.95. The van der Waals surface area contributed by atoms with Gasteiger partial charge in [-0.2, -0.15) is 10.5 Å². The second-order valence-corrected chi connectivity index (χ2v) is 4.11. The van der Waals surface area contributed by atoms with Crippen molar-refractivity contribution in [2.24, 2.45) is 0 Å². The van der Waals surface area contributed by atoms with Crippen LogP contribution in [-0.4, -0.2) is 38.1 Å². The Balaban J connectivity index is 2.30. The highest BCUT2D eigenvalue weighted by Gasteiger charge is 2.31. The molecule has 0 spiro atoms. The number of halogens is 3. The molecule has 0 fully saturated rings. The third-order valence-electron chi connectivity index (χ3n) is 2.53. The number of hydrogen-bond donors (Lipinski definition) is 3. The first kappa shape index (κ1) is 16.7. The number of carboxylic acid groups (broad SMARTS) is 1. The normalized spacial score (nSPS) is 11.7. The minimum atomic E-state index is -4.95. The third-order valence-corrected chi connectivity index (χ3v) is 2.53. The Bertz CT molecular complexity index is 810. The van der Waals surface area contributed by atoms with E-state index < -0.39 is 23.6 Å². The van der Waals surface area contributed by atoms with Crippen LogP contribution in [0.2, 0.25) is 0 Å². The number of benzene rings is 1. The van der Waals surface area contributed by atoms with E-state index in [2.05, 4.69) is 30.7 Å². The largest absolute Gasteiger partial charge is 0.573 e. The Morgan fingerprint density at radius 1 is 1.46 bits per heavy atom. The van der Waals surface area contributed by atoms with Gasteiger partial charge in [0.2, 0.25) is 5.82 Å². The monoisotopic (exact) mass is 340 g/mol. The molecular formula is C12H7F3N6O3. The van der Waals surface area contributed by atoms with Crippen LogP contribution in [0.5, 0.6) is 5.75 Å². The van der Waals surface area contributed by atoms with E-state index in [1.165, 1.54) is 0 Å². The molecule has 12 heteroatoms. The Hall–Kier alpha value is -3.62. The lowest BCUT2D eigenvalue weighted by atomic mass is 10.1. The summed E-state index contributed by atoms with van der Waals surface area (Å²) < 4.78 is 40.2. The molecule has 0 saturated carbocycles. The zero-order valence-electron chi connectivity index (χ0n) is 11.5. The van der Waals surface area contributed by atoms with Crippen LogP contribution in [0, 0.1) is 11.3 Å². The number of nitriles is 1. The van der Waals surface area contributed by atoms with E-state index in [0.29, 0.717) is 6.07 Å². The van der Waals surface area contributed by atoms with Crippen LogP contribution in [-0.2, 0) is 0 Å². The summed E-state index contributed by atoms with van der Waals surface area (Å²) in [4.78, 5) is 11.2. The number of allylic oxidation sites excluding steroid dienone is 1. The number of ether oxygens (including phenoxy) is 1. The van der Waals surface area contributed by atoms with Gasteiger partial charge in [0, 0.05) is 6.20 Å². The number of hydrogen-bond acceptors (Lipinski definition) is 7. The van der Waals surface area contributed by atoms with Crippen LogP contribution in [0.3, 0.4) is 0 Å². The zero-order chi connectivity index (χ0) is 17.7. The molecule has 0 atom stereocenters. The van der Waals surface area contributed by atoms with Gasteiger partial charge in [-0.3, -0.25) is 0 Å². The summed E-state index contributed by atoms with van der Waals surface area (Å²) in [5, 5.41) is 33.1. The fourth-order valence-corrected chi connectivity index (χ4v) is 1.60. The first-order chi connectivity index (χ1) is 11.3. The van der Waals surface area contributed by atoms with E-state index >= 15 is 0 Å². The van der Waals surface area contributed by atoms with Crippen LogP contribution in [0.25, 0.3) is 5.57 Å². The second kappa shape index (κ2) is 6.65. The van der Waals surface area contributed by atoms with Gasteiger partial charge in [-0.15, -0.1) is 23.4 Å². The van der Waals surface area contributed by atoms with Gasteiger partial charge in [0.1, 0.15) is 17.4 Å². The van der Waals surface area contributed by atoms with Gasteiger partial charge < -0.3 is 15.2 Å². The lowest BCUT2D eigenvalue weighted by Gasteiger charge is -2.11. The molecule has 2 aromatic rings. The molecule has 0 aliphatic rings. The van der Waals surface area contributed by atoms with Gasteiger partial charge in [0.05, 0.1) is 11.3 Å². The molecule has 1 aromatic heterocycles. The van der Waals surface area contributed by atoms with E-state index in [1.807, 2.05) is 0 Å². The fraction of sp³-hybridized carbons (Fsp3) is 0.0833. The lowest BCUT2D eigenvalue weighted by molar-refractivity contribution is -0.274. The number of H-pyrrole nitrogens is 1. The van der Waals surface area contributed by atoms with Gasteiger partial charge >= 0.3 is 12.3 Å². The van der Waals surface area contributed by atoms with Crippen molar-refractivity contribution >= 4 is 17.2 Å². The average Bonchev–Trinajstić information content (AvgIpc) is 3.01. The number of rotatable bonds is 5. The van der Waals surface area contributed by atoms with E-state index in [-0.39, 0.29) is 17.1 Å². The number of anilines is 1. The smallest absolute Gasteiger partial charge is 0.478 e. The van der Waals surface area contributed by atoms with Gasteiger partial charge in [-0.05, 0) is 23.4 Å². The molecule has 24 heavy (non-hydrogen) atoms. The summed E-state index contributed by atoms with van der Waals surface area (Å²) in [5.74, 6) is -2.22. The molecule has 1 heterocycles. The summed E-state index contributed by atoms with van der Waals surface area (Å²) in [6, 6.07) is 4.45. The lowest BCUT2D eigenvalue weighted by Crippen LogP contribution is -2.17. The molecule has 0 saturated heterocycles. The molecule has 3 N–H and O–H groups in total. The minimum absolute atomic E-state index is 0.0427. The molecule has 2 rings (SSSR count). The Labute approximate surface area is 131 Å². The molecule has 0 aliphatic carbocycles. The predicted molar refractivity (Wildman–Crippen MR) is 71.5 cm³/mol. The number of tetrazole rings is 1. The molecule has 1 aromatic carbocycles. The van der Waals surface area contributed by atoms with Crippen molar-refractivity contribution in [3.8, 4) is 11.8 Å². The number of nitrogens with one attached hydrogen (secondary N) is 2. The third kappa shape index (κ3) is 4.19. The number of aromatic carboxylic acids is 1. The van der Waals surface area contributed by atoms with Crippen molar-refractivity contribution in [2.75, 3.05) is 5.32 Å². The van der Waals surface area contributed by atoms with Crippen molar-refractivity contribution < 1.29 is 27.8 Å². The Morgan fingerprint density at radius 2 is 2.21 bits per heavy atom. The number of alkyl halides is 3. The summed E-state index contributed by atoms with van der Waals surface area (Å²) in [6.07, 6.45) is -3.85. The number of carboxylic acids is 1. The number of aromatic amines is 1.